The van der Waals surface area contributed by atoms with Crippen LogP contribution in [-0.2, 0) is 19.2 Å². The Balaban J connectivity index is 2.25. The summed E-state index contributed by atoms with van der Waals surface area (Å²) in [6, 6.07) is 3.99. The van der Waals surface area contributed by atoms with E-state index in [-0.39, 0.29) is 48.1 Å². The highest BCUT2D eigenvalue weighted by molar-refractivity contribution is 6.26. The summed E-state index contributed by atoms with van der Waals surface area (Å²) in [5.74, 6) is -0.394. The van der Waals surface area contributed by atoms with E-state index in [0.717, 1.165) is 25.7 Å². The molecule has 1 aliphatic rings. The number of oxime groups is 1. The molecular formula is C36H54FNO6. The molecule has 0 spiro atoms. The lowest BCUT2D eigenvalue weighted by Crippen LogP contribution is -2.31. The van der Waals surface area contributed by atoms with E-state index in [1.807, 2.05) is 33.8 Å². The van der Waals surface area contributed by atoms with Crippen molar-refractivity contribution in [2.45, 2.75) is 118 Å². The summed E-state index contributed by atoms with van der Waals surface area (Å²) in [4.78, 5) is 45.0. The molecular weight excluding hydrogens is 561 g/mol. The molecule has 0 amide bonds. The first-order valence-electron chi connectivity index (χ1n) is 16.3. The average molecular weight is 616 g/mol. The molecule has 0 heterocycles. The topological polar surface area (TPSA) is 102 Å². The standard InChI is InChI=1S/C36H54FNO6/c1-22(2)27(12-10-14-32(39)23(3)4)11-9-13-29-33(40)17-15-26(19-30(36(29)42)25(7)38-44-24(5)6)20-34(41)31-21-28(37)16-18-35(31)43-8/h16,18-19,21-24,26-27,29,34,41H,9-15,17,20H2,1-8H3/b30-19-,38-25+/t26?,27-,29?,34?/m0/s1. The van der Waals surface area contributed by atoms with Gasteiger partial charge in [-0.2, -0.15) is 0 Å². The zero-order valence-electron chi connectivity index (χ0n) is 28.0. The lowest BCUT2D eigenvalue weighted by molar-refractivity contribution is -0.131. The Hall–Kier alpha value is -2.87. The molecule has 8 heteroatoms. The summed E-state index contributed by atoms with van der Waals surface area (Å²) in [6.45, 7) is 13.6. The minimum absolute atomic E-state index is 0.0519. The van der Waals surface area contributed by atoms with Gasteiger partial charge in [-0.3, -0.25) is 14.4 Å². The molecule has 44 heavy (non-hydrogen) atoms. The first-order valence-corrected chi connectivity index (χ1v) is 16.3. The highest BCUT2D eigenvalue weighted by atomic mass is 19.1. The summed E-state index contributed by atoms with van der Waals surface area (Å²) in [5.41, 5.74) is 1.04. The normalized spacial score (nSPS) is 20.8. The molecule has 0 bridgehead atoms. The second kappa shape index (κ2) is 18.2. The number of carbonyl (C=O) groups is 3. The maximum Gasteiger partial charge on any atom is 0.174 e. The lowest BCUT2D eigenvalue weighted by atomic mass is 9.78. The number of ether oxygens (including phenoxy) is 1. The Bertz CT molecular complexity index is 1170. The summed E-state index contributed by atoms with van der Waals surface area (Å²) in [5, 5.41) is 15.3. The van der Waals surface area contributed by atoms with Crippen LogP contribution >= 0.6 is 0 Å². The monoisotopic (exact) mass is 615 g/mol. The number of aliphatic hydroxyl groups excluding tert-OH is 1. The van der Waals surface area contributed by atoms with Crippen molar-refractivity contribution < 1.29 is 33.5 Å². The SMILES string of the molecule is COc1ccc(F)cc1C(O)CC1/C=C(/C(C)=N/OC(C)C)C(=O)C(CCC[C@@H](CCCC(=O)C(C)C)C(C)C)C(=O)CC1. The van der Waals surface area contributed by atoms with Crippen LogP contribution in [0.3, 0.4) is 0 Å². The van der Waals surface area contributed by atoms with Gasteiger partial charge in [0.05, 0.1) is 24.8 Å². The van der Waals surface area contributed by atoms with Crippen molar-refractivity contribution in [3.8, 4) is 5.75 Å². The largest absolute Gasteiger partial charge is 0.496 e. The number of ketones is 3. The zero-order valence-corrected chi connectivity index (χ0v) is 28.0. The van der Waals surface area contributed by atoms with E-state index >= 15 is 0 Å². The van der Waals surface area contributed by atoms with Gasteiger partial charge in [-0.05, 0) is 88.8 Å². The first-order chi connectivity index (χ1) is 20.7. The maximum absolute atomic E-state index is 14.0. The molecule has 2 rings (SSSR count). The van der Waals surface area contributed by atoms with Gasteiger partial charge in [-0.15, -0.1) is 0 Å². The van der Waals surface area contributed by atoms with Gasteiger partial charge < -0.3 is 14.7 Å². The minimum Gasteiger partial charge on any atom is -0.496 e. The predicted octanol–water partition coefficient (Wildman–Crippen LogP) is 7.99. The van der Waals surface area contributed by atoms with Crippen LogP contribution in [0.15, 0.2) is 35.0 Å². The molecule has 3 unspecified atom stereocenters. The molecule has 1 N–H and O–H groups in total. The summed E-state index contributed by atoms with van der Waals surface area (Å²) >= 11 is 0. The Morgan fingerprint density at radius 2 is 1.77 bits per heavy atom. The summed E-state index contributed by atoms with van der Waals surface area (Å²) in [7, 11) is 1.46. The van der Waals surface area contributed by atoms with Gasteiger partial charge in [0.25, 0.3) is 0 Å². The molecule has 1 aliphatic carbocycles. The molecule has 0 aromatic heterocycles. The quantitative estimate of drug-likeness (QED) is 0.108. The van der Waals surface area contributed by atoms with Crippen molar-refractivity contribution in [1.29, 1.82) is 0 Å². The van der Waals surface area contributed by atoms with Crippen LogP contribution in [0.1, 0.15) is 118 Å². The zero-order chi connectivity index (χ0) is 33.0. The van der Waals surface area contributed by atoms with Gasteiger partial charge in [0.1, 0.15) is 29.2 Å². The van der Waals surface area contributed by atoms with Gasteiger partial charge in [0.2, 0.25) is 0 Å². The molecule has 246 valence electrons. The second-order valence-corrected chi connectivity index (χ2v) is 13.2. The highest BCUT2D eigenvalue weighted by Gasteiger charge is 2.34. The van der Waals surface area contributed by atoms with E-state index in [1.165, 1.54) is 25.3 Å². The smallest absolute Gasteiger partial charge is 0.174 e. The second-order valence-electron chi connectivity index (χ2n) is 13.2. The van der Waals surface area contributed by atoms with E-state index in [4.69, 9.17) is 9.57 Å². The number of allylic oxidation sites excluding steroid dienone is 2. The van der Waals surface area contributed by atoms with Gasteiger partial charge in [0, 0.05) is 29.9 Å². The molecule has 0 aliphatic heterocycles. The van der Waals surface area contributed by atoms with E-state index in [1.54, 1.807) is 6.92 Å². The molecule has 4 atom stereocenters. The number of rotatable bonds is 17. The summed E-state index contributed by atoms with van der Waals surface area (Å²) < 4.78 is 19.3. The van der Waals surface area contributed by atoms with Crippen molar-refractivity contribution >= 4 is 23.1 Å². The number of nitrogens with zero attached hydrogens (tertiary/aromatic N) is 1. The van der Waals surface area contributed by atoms with E-state index in [2.05, 4.69) is 19.0 Å². The molecule has 0 saturated heterocycles. The van der Waals surface area contributed by atoms with Crippen LogP contribution in [0.5, 0.6) is 5.75 Å². The number of methoxy groups -OCH3 is 1. The predicted molar refractivity (Wildman–Crippen MR) is 172 cm³/mol. The van der Waals surface area contributed by atoms with Crippen molar-refractivity contribution in [3.63, 3.8) is 0 Å². The van der Waals surface area contributed by atoms with Crippen LogP contribution in [0.25, 0.3) is 0 Å². The number of hydrogen-bond acceptors (Lipinski definition) is 7. The molecule has 7 nitrogen and oxygen atoms in total. The minimum atomic E-state index is -1.06. The number of benzene rings is 1. The average Bonchev–Trinajstić information content (AvgIpc) is 2.96. The Morgan fingerprint density at radius 1 is 1.09 bits per heavy atom. The van der Waals surface area contributed by atoms with E-state index in [9.17, 15) is 23.9 Å². The van der Waals surface area contributed by atoms with Crippen molar-refractivity contribution in [2.24, 2.45) is 34.7 Å². The van der Waals surface area contributed by atoms with Crippen LogP contribution < -0.4 is 4.74 Å². The molecule has 0 fully saturated rings. The van der Waals surface area contributed by atoms with Crippen LogP contribution in [0.4, 0.5) is 4.39 Å². The third kappa shape index (κ3) is 11.6. The van der Waals surface area contributed by atoms with Crippen molar-refractivity contribution in [2.75, 3.05) is 7.11 Å². The lowest BCUT2D eigenvalue weighted by Gasteiger charge is -2.26. The molecule has 1 aromatic rings. The van der Waals surface area contributed by atoms with Crippen LogP contribution in [-0.4, -0.2) is 41.4 Å². The van der Waals surface area contributed by atoms with Gasteiger partial charge >= 0.3 is 0 Å². The number of aliphatic hydroxyl groups is 1. The molecule has 0 radical (unpaired) electrons. The third-order valence-electron chi connectivity index (χ3n) is 8.65. The van der Waals surface area contributed by atoms with Gasteiger partial charge in [-0.1, -0.05) is 51.8 Å². The van der Waals surface area contributed by atoms with Crippen LogP contribution in [0, 0.1) is 35.4 Å². The maximum atomic E-state index is 14.0. The van der Waals surface area contributed by atoms with Gasteiger partial charge in [0.15, 0.2) is 5.78 Å². The number of halogens is 1. The fraction of sp³-hybridized carbons (Fsp3) is 0.667. The molecule has 1 aromatic carbocycles. The fourth-order valence-corrected chi connectivity index (χ4v) is 5.85. The number of carbonyl (C=O) groups excluding carboxylic acids is 3. The Morgan fingerprint density at radius 3 is 2.39 bits per heavy atom. The number of hydrogen-bond donors (Lipinski definition) is 1. The molecule has 0 saturated carbocycles. The fourth-order valence-electron chi connectivity index (χ4n) is 5.85. The van der Waals surface area contributed by atoms with Crippen molar-refractivity contribution in [1.82, 2.24) is 0 Å². The van der Waals surface area contributed by atoms with Crippen LogP contribution in [0.2, 0.25) is 0 Å². The Labute approximate surface area is 263 Å². The van der Waals surface area contributed by atoms with E-state index in [0.29, 0.717) is 53.7 Å². The third-order valence-corrected chi connectivity index (χ3v) is 8.65. The van der Waals surface area contributed by atoms with Crippen molar-refractivity contribution in [3.05, 3.63) is 41.2 Å². The first kappa shape index (κ1) is 37.3. The Kier molecular flexibility index (Phi) is 15.4. The van der Waals surface area contributed by atoms with Gasteiger partial charge in [-0.25, -0.2) is 4.39 Å². The summed E-state index contributed by atoms with van der Waals surface area (Å²) in [6.07, 6.45) is 5.87. The number of Topliss-reactive ketones (excluding diaryl/α,β-unsaturated/α-hetero) is 3. The highest BCUT2D eigenvalue weighted by Crippen LogP contribution is 2.35. The van der Waals surface area contributed by atoms with E-state index < -0.39 is 17.8 Å².